The zero-order chi connectivity index (χ0) is 9.80. The molecule has 0 aliphatic heterocycles. The van der Waals surface area contributed by atoms with Crippen LogP contribution in [0.4, 0.5) is 0 Å². The van der Waals surface area contributed by atoms with E-state index >= 15 is 0 Å². The highest BCUT2D eigenvalue weighted by Gasteiger charge is 2.11. The molecule has 0 saturated carbocycles. The first-order chi connectivity index (χ1) is 6.92. The molecule has 0 heterocycles. The molecule has 72 valence electrons. The average Bonchev–Trinajstić information content (AvgIpc) is 2.42. The third-order valence-electron chi connectivity index (χ3n) is 2.32. The van der Waals surface area contributed by atoms with Gasteiger partial charge < -0.3 is 4.74 Å². The standard InChI is InChI=1S/C13H14O/c1-2-14-13-10-6-4-8-11-7-3-5-9-12(11)13/h3-10,13H,2H2,1H3/t13-/m1/s1. The zero-order valence-electron chi connectivity index (χ0n) is 8.31. The highest BCUT2D eigenvalue weighted by atomic mass is 16.5. The maximum atomic E-state index is 5.66. The summed E-state index contributed by atoms with van der Waals surface area (Å²) in [7, 11) is 0. The highest BCUT2D eigenvalue weighted by Crippen LogP contribution is 2.25. The van der Waals surface area contributed by atoms with Gasteiger partial charge >= 0.3 is 0 Å². The van der Waals surface area contributed by atoms with Crippen molar-refractivity contribution in [2.24, 2.45) is 0 Å². The van der Waals surface area contributed by atoms with Crippen molar-refractivity contribution in [3.8, 4) is 0 Å². The Morgan fingerprint density at radius 3 is 2.93 bits per heavy atom. The topological polar surface area (TPSA) is 9.23 Å². The predicted octanol–water partition coefficient (Wildman–Crippen LogP) is 3.35. The van der Waals surface area contributed by atoms with Gasteiger partial charge in [0.25, 0.3) is 0 Å². The molecule has 14 heavy (non-hydrogen) atoms. The lowest BCUT2D eigenvalue weighted by Gasteiger charge is -2.14. The lowest BCUT2D eigenvalue weighted by molar-refractivity contribution is 0.0968. The van der Waals surface area contributed by atoms with Gasteiger partial charge in [-0.1, -0.05) is 48.6 Å². The quantitative estimate of drug-likeness (QED) is 0.688. The second-order valence-corrected chi connectivity index (χ2v) is 3.25. The number of hydrogen-bond donors (Lipinski definition) is 0. The fourth-order valence-corrected chi connectivity index (χ4v) is 1.67. The first-order valence-electron chi connectivity index (χ1n) is 4.97. The Labute approximate surface area is 84.7 Å². The van der Waals surface area contributed by atoms with Crippen molar-refractivity contribution < 1.29 is 4.74 Å². The van der Waals surface area contributed by atoms with Gasteiger partial charge in [-0.15, -0.1) is 0 Å². The maximum absolute atomic E-state index is 5.66. The first kappa shape index (κ1) is 9.22. The summed E-state index contributed by atoms with van der Waals surface area (Å²) >= 11 is 0. The second kappa shape index (κ2) is 4.25. The predicted molar refractivity (Wildman–Crippen MR) is 59.0 cm³/mol. The van der Waals surface area contributed by atoms with Crippen molar-refractivity contribution in [2.75, 3.05) is 6.61 Å². The molecule has 0 N–H and O–H groups in total. The van der Waals surface area contributed by atoms with Crippen LogP contribution in [0.2, 0.25) is 0 Å². The van der Waals surface area contributed by atoms with Crippen LogP contribution in [0.25, 0.3) is 6.08 Å². The van der Waals surface area contributed by atoms with E-state index in [9.17, 15) is 0 Å². The Morgan fingerprint density at radius 1 is 1.21 bits per heavy atom. The largest absolute Gasteiger partial charge is 0.370 e. The molecule has 1 heteroatoms. The smallest absolute Gasteiger partial charge is 0.101 e. The van der Waals surface area contributed by atoms with Gasteiger partial charge in [0.2, 0.25) is 0 Å². The normalized spacial score (nSPS) is 19.1. The molecule has 0 fully saturated rings. The van der Waals surface area contributed by atoms with E-state index in [2.05, 4.69) is 42.5 Å². The second-order valence-electron chi connectivity index (χ2n) is 3.25. The minimum absolute atomic E-state index is 0.103. The van der Waals surface area contributed by atoms with Crippen molar-refractivity contribution >= 4 is 6.08 Å². The molecule has 1 atom stereocenters. The van der Waals surface area contributed by atoms with Crippen LogP contribution >= 0.6 is 0 Å². The molecule has 0 radical (unpaired) electrons. The molecule has 0 amide bonds. The summed E-state index contributed by atoms with van der Waals surface area (Å²) in [6.07, 6.45) is 8.40. The van der Waals surface area contributed by atoms with Crippen molar-refractivity contribution in [1.29, 1.82) is 0 Å². The lowest BCUT2D eigenvalue weighted by atomic mass is 10.0. The van der Waals surface area contributed by atoms with Crippen LogP contribution in [-0.4, -0.2) is 6.61 Å². The molecule has 0 saturated heterocycles. The summed E-state index contributed by atoms with van der Waals surface area (Å²) in [5.74, 6) is 0. The molecule has 1 aromatic rings. The van der Waals surface area contributed by atoms with E-state index < -0.39 is 0 Å². The van der Waals surface area contributed by atoms with Crippen LogP contribution < -0.4 is 0 Å². The fraction of sp³-hybridized carbons (Fsp3) is 0.231. The Balaban J connectivity index is 2.39. The summed E-state index contributed by atoms with van der Waals surface area (Å²) in [6, 6.07) is 8.34. The minimum atomic E-state index is 0.103. The van der Waals surface area contributed by atoms with E-state index in [1.54, 1.807) is 0 Å². The van der Waals surface area contributed by atoms with Crippen molar-refractivity contribution in [3.63, 3.8) is 0 Å². The molecular formula is C13H14O. The summed E-state index contributed by atoms with van der Waals surface area (Å²) < 4.78 is 5.66. The van der Waals surface area contributed by atoms with E-state index in [1.165, 1.54) is 11.1 Å². The van der Waals surface area contributed by atoms with Gasteiger partial charge in [-0.25, -0.2) is 0 Å². The van der Waals surface area contributed by atoms with Crippen molar-refractivity contribution in [3.05, 3.63) is 53.6 Å². The van der Waals surface area contributed by atoms with Gasteiger partial charge in [-0.05, 0) is 18.1 Å². The van der Waals surface area contributed by atoms with Gasteiger partial charge in [-0.2, -0.15) is 0 Å². The van der Waals surface area contributed by atoms with E-state index in [4.69, 9.17) is 4.74 Å². The van der Waals surface area contributed by atoms with Gasteiger partial charge in [0.1, 0.15) is 6.10 Å². The maximum Gasteiger partial charge on any atom is 0.101 e. The third kappa shape index (κ3) is 1.78. The Bertz CT molecular complexity index is 363. The SMILES string of the molecule is CCO[C@@H]1C=CC=Cc2ccccc21. The van der Waals surface area contributed by atoms with Crippen LogP contribution in [0.15, 0.2) is 42.5 Å². The molecule has 1 nitrogen and oxygen atoms in total. The molecule has 0 spiro atoms. The van der Waals surface area contributed by atoms with Crippen molar-refractivity contribution in [2.45, 2.75) is 13.0 Å². The molecule has 0 aromatic heterocycles. The number of hydrogen-bond acceptors (Lipinski definition) is 1. The molecule has 1 aliphatic carbocycles. The van der Waals surface area contributed by atoms with Gasteiger partial charge in [-0.3, -0.25) is 0 Å². The van der Waals surface area contributed by atoms with E-state index in [0.717, 1.165) is 6.61 Å². The zero-order valence-corrected chi connectivity index (χ0v) is 8.31. The first-order valence-corrected chi connectivity index (χ1v) is 4.97. The molecule has 1 aliphatic rings. The number of benzene rings is 1. The number of rotatable bonds is 2. The number of ether oxygens (including phenoxy) is 1. The van der Waals surface area contributed by atoms with Crippen LogP contribution in [0.5, 0.6) is 0 Å². The van der Waals surface area contributed by atoms with Gasteiger partial charge in [0, 0.05) is 6.61 Å². The third-order valence-corrected chi connectivity index (χ3v) is 2.32. The molecular weight excluding hydrogens is 172 g/mol. The minimum Gasteiger partial charge on any atom is -0.370 e. The summed E-state index contributed by atoms with van der Waals surface area (Å²) in [5, 5.41) is 0. The molecule has 0 bridgehead atoms. The summed E-state index contributed by atoms with van der Waals surface area (Å²) in [5.41, 5.74) is 2.50. The lowest BCUT2D eigenvalue weighted by Crippen LogP contribution is -2.02. The fourth-order valence-electron chi connectivity index (χ4n) is 1.67. The van der Waals surface area contributed by atoms with Crippen LogP contribution in [0.3, 0.4) is 0 Å². The van der Waals surface area contributed by atoms with Crippen molar-refractivity contribution in [1.82, 2.24) is 0 Å². The van der Waals surface area contributed by atoms with Gasteiger partial charge in [0.15, 0.2) is 0 Å². The number of fused-ring (bicyclic) bond motifs is 1. The monoisotopic (exact) mass is 186 g/mol. The van der Waals surface area contributed by atoms with Crippen LogP contribution in [0.1, 0.15) is 24.2 Å². The van der Waals surface area contributed by atoms with E-state index in [-0.39, 0.29) is 6.10 Å². The van der Waals surface area contributed by atoms with E-state index in [1.807, 2.05) is 13.0 Å². The molecule has 2 rings (SSSR count). The molecule has 0 unspecified atom stereocenters. The van der Waals surface area contributed by atoms with Crippen LogP contribution in [0, 0.1) is 0 Å². The molecule has 1 aromatic carbocycles. The van der Waals surface area contributed by atoms with E-state index in [0.29, 0.717) is 0 Å². The Hall–Kier alpha value is -1.34. The number of allylic oxidation sites excluding steroid dienone is 2. The van der Waals surface area contributed by atoms with Crippen LogP contribution in [-0.2, 0) is 4.74 Å². The van der Waals surface area contributed by atoms with Gasteiger partial charge in [0.05, 0.1) is 0 Å². The summed E-state index contributed by atoms with van der Waals surface area (Å²) in [4.78, 5) is 0. The summed E-state index contributed by atoms with van der Waals surface area (Å²) in [6.45, 7) is 2.76. The highest BCUT2D eigenvalue weighted by molar-refractivity contribution is 5.58. The average molecular weight is 186 g/mol. The Kier molecular flexibility index (Phi) is 2.80. The Morgan fingerprint density at radius 2 is 2.07 bits per heavy atom.